The molecule has 0 unspecified atom stereocenters. The molecule has 4 heteroatoms. The minimum Gasteiger partial charge on any atom is -0.316 e. The fraction of sp³-hybridized carbons (Fsp3) is 0.875. The first-order chi connectivity index (χ1) is 9.72. The van der Waals surface area contributed by atoms with Crippen molar-refractivity contribution in [3.05, 3.63) is 10.0 Å². The Kier molecular flexibility index (Phi) is 9.85. The van der Waals surface area contributed by atoms with Crippen LogP contribution in [0.5, 0.6) is 0 Å². The summed E-state index contributed by atoms with van der Waals surface area (Å²) >= 11 is 1.81. The molecule has 0 aliphatic heterocycles. The van der Waals surface area contributed by atoms with E-state index in [0.717, 1.165) is 38.3 Å². The average molecular weight is 298 g/mol. The number of hydrogen-bond donors (Lipinski definition) is 1. The second-order valence-electron chi connectivity index (χ2n) is 5.96. The maximum Gasteiger partial charge on any atom is 0.117 e. The Morgan fingerprint density at radius 3 is 2.25 bits per heavy atom. The maximum atomic E-state index is 4.31. The summed E-state index contributed by atoms with van der Waals surface area (Å²) in [4.78, 5) is 0. The molecule has 0 fully saturated rings. The highest BCUT2D eigenvalue weighted by Crippen LogP contribution is 2.15. The van der Waals surface area contributed by atoms with Gasteiger partial charge in [-0.3, -0.25) is 0 Å². The van der Waals surface area contributed by atoms with Crippen LogP contribution in [0.25, 0.3) is 0 Å². The second kappa shape index (κ2) is 11.2. The third-order valence-electron chi connectivity index (χ3n) is 3.30. The van der Waals surface area contributed by atoms with Crippen LogP contribution in [0, 0.1) is 5.92 Å². The molecule has 0 spiro atoms. The lowest BCUT2D eigenvalue weighted by molar-refractivity contribution is 0.542. The molecule has 1 N–H and O–H groups in total. The van der Waals surface area contributed by atoms with Gasteiger partial charge in [-0.15, -0.1) is 21.5 Å². The fourth-order valence-electron chi connectivity index (χ4n) is 2.13. The van der Waals surface area contributed by atoms with Crippen molar-refractivity contribution >= 4 is 11.3 Å². The predicted molar refractivity (Wildman–Crippen MR) is 88.4 cm³/mol. The van der Waals surface area contributed by atoms with Crippen LogP contribution in [-0.4, -0.2) is 23.3 Å². The SMILES string of the molecule is CCCCCCCc1nnc(CCCNCC(C)C)s1. The van der Waals surface area contributed by atoms with E-state index >= 15 is 0 Å². The minimum absolute atomic E-state index is 0.732. The molecule has 0 amide bonds. The van der Waals surface area contributed by atoms with E-state index in [4.69, 9.17) is 0 Å². The van der Waals surface area contributed by atoms with E-state index in [1.165, 1.54) is 42.1 Å². The molecule has 3 nitrogen and oxygen atoms in total. The number of rotatable bonds is 12. The monoisotopic (exact) mass is 297 g/mol. The van der Waals surface area contributed by atoms with Gasteiger partial charge in [0, 0.05) is 12.8 Å². The van der Waals surface area contributed by atoms with E-state index < -0.39 is 0 Å². The molecule has 0 saturated carbocycles. The molecule has 1 rings (SSSR count). The van der Waals surface area contributed by atoms with Gasteiger partial charge < -0.3 is 5.32 Å². The summed E-state index contributed by atoms with van der Waals surface area (Å²) < 4.78 is 0. The molecule has 0 aromatic carbocycles. The first kappa shape index (κ1) is 17.6. The van der Waals surface area contributed by atoms with Gasteiger partial charge in [-0.25, -0.2) is 0 Å². The minimum atomic E-state index is 0.732. The molecular weight excluding hydrogens is 266 g/mol. The summed E-state index contributed by atoms with van der Waals surface area (Å²) in [6, 6.07) is 0. The van der Waals surface area contributed by atoms with Crippen molar-refractivity contribution < 1.29 is 0 Å². The molecule has 1 aromatic heterocycles. The largest absolute Gasteiger partial charge is 0.316 e. The van der Waals surface area contributed by atoms with Crippen LogP contribution in [0.1, 0.15) is 69.3 Å². The third kappa shape index (κ3) is 8.64. The van der Waals surface area contributed by atoms with Crippen molar-refractivity contribution in [2.24, 2.45) is 5.92 Å². The first-order valence-electron chi connectivity index (χ1n) is 8.24. The standard InChI is InChI=1S/C16H31N3S/c1-4-5-6-7-8-10-15-18-19-16(20-15)11-9-12-17-13-14(2)3/h14,17H,4-13H2,1-3H3. The molecule has 0 aliphatic carbocycles. The van der Waals surface area contributed by atoms with E-state index in [2.05, 4.69) is 36.3 Å². The Morgan fingerprint density at radius 2 is 1.60 bits per heavy atom. The van der Waals surface area contributed by atoms with Crippen LogP contribution in [0.4, 0.5) is 0 Å². The molecule has 0 radical (unpaired) electrons. The highest BCUT2D eigenvalue weighted by Gasteiger charge is 2.04. The van der Waals surface area contributed by atoms with Crippen molar-refractivity contribution in [1.29, 1.82) is 0 Å². The smallest absolute Gasteiger partial charge is 0.117 e. The van der Waals surface area contributed by atoms with Gasteiger partial charge in [-0.1, -0.05) is 46.5 Å². The van der Waals surface area contributed by atoms with Gasteiger partial charge in [0.05, 0.1) is 0 Å². The Labute approximate surface area is 128 Å². The second-order valence-corrected chi connectivity index (χ2v) is 7.10. The topological polar surface area (TPSA) is 37.8 Å². The summed E-state index contributed by atoms with van der Waals surface area (Å²) in [5.74, 6) is 0.732. The molecule has 116 valence electrons. The van der Waals surface area contributed by atoms with Crippen LogP contribution in [0.2, 0.25) is 0 Å². The maximum absolute atomic E-state index is 4.31. The quantitative estimate of drug-likeness (QED) is 0.587. The van der Waals surface area contributed by atoms with E-state index in [1.807, 2.05) is 11.3 Å². The van der Waals surface area contributed by atoms with Crippen molar-refractivity contribution in [1.82, 2.24) is 15.5 Å². The molecular formula is C16H31N3S. The molecule has 1 aromatic rings. The lowest BCUT2D eigenvalue weighted by Gasteiger charge is -2.05. The molecule has 0 aliphatic rings. The Morgan fingerprint density at radius 1 is 0.950 bits per heavy atom. The molecule has 1 heterocycles. The van der Waals surface area contributed by atoms with Gasteiger partial charge in [-0.05, 0) is 31.8 Å². The van der Waals surface area contributed by atoms with Gasteiger partial charge in [0.25, 0.3) is 0 Å². The van der Waals surface area contributed by atoms with E-state index in [0.29, 0.717) is 0 Å². The summed E-state index contributed by atoms with van der Waals surface area (Å²) in [6.45, 7) is 8.94. The number of nitrogens with zero attached hydrogens (tertiary/aromatic N) is 2. The van der Waals surface area contributed by atoms with Crippen LogP contribution >= 0.6 is 11.3 Å². The highest BCUT2D eigenvalue weighted by molar-refractivity contribution is 7.11. The zero-order chi connectivity index (χ0) is 14.6. The summed E-state index contributed by atoms with van der Waals surface area (Å²) in [5, 5.41) is 14.5. The van der Waals surface area contributed by atoms with Gasteiger partial charge >= 0.3 is 0 Å². The van der Waals surface area contributed by atoms with Crippen LogP contribution < -0.4 is 5.32 Å². The number of hydrogen-bond acceptors (Lipinski definition) is 4. The summed E-state index contributed by atoms with van der Waals surface area (Å²) in [5.41, 5.74) is 0. The van der Waals surface area contributed by atoms with Crippen LogP contribution in [-0.2, 0) is 12.8 Å². The van der Waals surface area contributed by atoms with Gasteiger partial charge in [0.1, 0.15) is 10.0 Å². The highest BCUT2D eigenvalue weighted by atomic mass is 32.1. The summed E-state index contributed by atoms with van der Waals surface area (Å²) in [7, 11) is 0. The first-order valence-corrected chi connectivity index (χ1v) is 9.06. The third-order valence-corrected chi connectivity index (χ3v) is 4.34. The van der Waals surface area contributed by atoms with E-state index in [1.54, 1.807) is 0 Å². The fourth-order valence-corrected chi connectivity index (χ4v) is 3.05. The van der Waals surface area contributed by atoms with E-state index in [-0.39, 0.29) is 0 Å². The normalized spacial score (nSPS) is 11.4. The van der Waals surface area contributed by atoms with E-state index in [9.17, 15) is 0 Å². The van der Waals surface area contributed by atoms with Gasteiger partial charge in [0.15, 0.2) is 0 Å². The van der Waals surface area contributed by atoms with Crippen molar-refractivity contribution in [2.75, 3.05) is 13.1 Å². The summed E-state index contributed by atoms with van der Waals surface area (Å²) in [6.07, 6.45) is 10.00. The number of aryl methyl sites for hydroxylation is 2. The van der Waals surface area contributed by atoms with Crippen LogP contribution in [0.3, 0.4) is 0 Å². The molecule has 0 bridgehead atoms. The Hall–Kier alpha value is -0.480. The molecule has 0 saturated heterocycles. The number of unbranched alkanes of at least 4 members (excludes halogenated alkanes) is 4. The predicted octanol–water partition coefficient (Wildman–Crippen LogP) is 4.23. The Balaban J connectivity index is 2.07. The van der Waals surface area contributed by atoms with Gasteiger partial charge in [0.2, 0.25) is 0 Å². The zero-order valence-electron chi connectivity index (χ0n) is 13.5. The van der Waals surface area contributed by atoms with Gasteiger partial charge in [-0.2, -0.15) is 0 Å². The van der Waals surface area contributed by atoms with Crippen molar-refractivity contribution in [2.45, 2.75) is 72.1 Å². The lowest BCUT2D eigenvalue weighted by Crippen LogP contribution is -2.21. The van der Waals surface area contributed by atoms with Crippen molar-refractivity contribution in [3.8, 4) is 0 Å². The number of aromatic nitrogens is 2. The average Bonchev–Trinajstić information content (AvgIpc) is 2.86. The van der Waals surface area contributed by atoms with Crippen LogP contribution in [0.15, 0.2) is 0 Å². The van der Waals surface area contributed by atoms with Crippen molar-refractivity contribution in [3.63, 3.8) is 0 Å². The lowest BCUT2D eigenvalue weighted by atomic mass is 10.1. The molecule has 20 heavy (non-hydrogen) atoms. The number of nitrogens with one attached hydrogen (secondary N) is 1. The Bertz CT molecular complexity index is 336. The zero-order valence-corrected chi connectivity index (χ0v) is 14.3. The molecule has 0 atom stereocenters.